The van der Waals surface area contributed by atoms with Crippen LogP contribution in [0.3, 0.4) is 0 Å². The topological polar surface area (TPSA) is 40.0 Å². The van der Waals surface area contributed by atoms with E-state index in [1.165, 1.54) is 11.0 Å². The third kappa shape index (κ3) is 2.09. The van der Waals surface area contributed by atoms with Crippen molar-refractivity contribution in [3.8, 4) is 0 Å². The predicted octanol–water partition coefficient (Wildman–Crippen LogP) is 0.413. The second kappa shape index (κ2) is 4.79. The average molecular weight is 212 g/mol. The van der Waals surface area contributed by atoms with Crippen LogP contribution in [-0.2, 0) is 0 Å². The molecular weight excluding hydrogens is 196 g/mol. The summed E-state index contributed by atoms with van der Waals surface area (Å²) in [5, 5.41) is 4.26. The van der Waals surface area contributed by atoms with Gasteiger partial charge in [0.05, 0.1) is 12.3 Å². The Kier molecular flexibility index (Phi) is 3.42. The molecule has 14 heavy (non-hydrogen) atoms. The Labute approximate surface area is 88.9 Å². The Morgan fingerprint density at radius 1 is 1.64 bits per heavy atom. The van der Waals surface area contributed by atoms with Crippen molar-refractivity contribution in [3.05, 3.63) is 0 Å². The first-order chi connectivity index (χ1) is 6.92. The fourth-order valence-corrected chi connectivity index (χ4v) is 2.62. The summed E-state index contributed by atoms with van der Waals surface area (Å²) in [6, 6.07) is 0. The van der Waals surface area contributed by atoms with Gasteiger partial charge in [0.1, 0.15) is 5.84 Å². The van der Waals surface area contributed by atoms with Crippen LogP contribution in [0.5, 0.6) is 0 Å². The van der Waals surface area contributed by atoms with E-state index in [2.05, 4.69) is 20.2 Å². The van der Waals surface area contributed by atoms with Crippen LogP contribution in [0.25, 0.3) is 0 Å². The van der Waals surface area contributed by atoms with Crippen LogP contribution in [0.2, 0.25) is 0 Å². The Morgan fingerprint density at radius 2 is 2.57 bits per heavy atom. The molecule has 2 aliphatic rings. The summed E-state index contributed by atoms with van der Waals surface area (Å²) in [5.74, 6) is 2.24. The van der Waals surface area contributed by atoms with Crippen molar-refractivity contribution in [1.29, 1.82) is 0 Å². The highest BCUT2D eigenvalue weighted by Gasteiger charge is 2.27. The smallest absolute Gasteiger partial charge is 0.165 e. The highest BCUT2D eigenvalue weighted by atomic mass is 32.2. The lowest BCUT2D eigenvalue weighted by Gasteiger charge is -2.22. The summed E-state index contributed by atoms with van der Waals surface area (Å²) in [4.78, 5) is 11.3. The van der Waals surface area contributed by atoms with Gasteiger partial charge in [-0.25, -0.2) is 0 Å². The lowest BCUT2D eigenvalue weighted by atomic mass is 10.3. The number of hydrogen-bond acceptors (Lipinski definition) is 4. The van der Waals surface area contributed by atoms with E-state index in [1.54, 1.807) is 0 Å². The molecule has 0 aliphatic carbocycles. The van der Waals surface area contributed by atoms with Crippen molar-refractivity contribution in [2.75, 3.05) is 39.0 Å². The van der Waals surface area contributed by atoms with Gasteiger partial charge in [0, 0.05) is 19.6 Å². The zero-order chi connectivity index (χ0) is 9.80. The molecule has 0 saturated carbocycles. The molecule has 0 radical (unpaired) electrons. The number of nitrogens with one attached hydrogen (secondary N) is 1. The molecular formula is C9H16N4S. The third-order valence-electron chi connectivity index (χ3n) is 2.32. The number of fused-ring (bicyclic) bond motifs is 1. The zero-order valence-corrected chi connectivity index (χ0v) is 9.31. The number of aliphatic imine (C=N–C) groups is 2. The van der Waals surface area contributed by atoms with Crippen molar-refractivity contribution < 1.29 is 0 Å². The minimum absolute atomic E-state index is 0.864. The first kappa shape index (κ1) is 9.98. The summed E-state index contributed by atoms with van der Waals surface area (Å²) < 4.78 is 0. The molecule has 0 spiro atoms. The largest absolute Gasteiger partial charge is 0.318 e. The second-order valence-electron chi connectivity index (χ2n) is 3.36. The van der Waals surface area contributed by atoms with Gasteiger partial charge >= 0.3 is 0 Å². The Bertz CT molecular complexity index is 262. The van der Waals surface area contributed by atoms with Crippen molar-refractivity contribution >= 4 is 22.8 Å². The molecule has 4 nitrogen and oxygen atoms in total. The molecule has 0 aromatic heterocycles. The molecule has 0 unspecified atom stereocenters. The SMILES string of the molecule is CNCCN=C1SCC2=NCCCN21. The van der Waals surface area contributed by atoms with Crippen LogP contribution in [0.1, 0.15) is 6.42 Å². The lowest BCUT2D eigenvalue weighted by Crippen LogP contribution is -2.34. The summed E-state index contributed by atoms with van der Waals surface area (Å²) >= 11 is 1.82. The molecule has 0 atom stereocenters. The number of hydrogen-bond donors (Lipinski definition) is 1. The van der Waals surface area contributed by atoms with E-state index in [0.717, 1.165) is 38.4 Å². The molecule has 1 N–H and O–H groups in total. The summed E-state index contributed by atoms with van der Waals surface area (Å²) in [6.45, 7) is 3.91. The number of thioether (sulfide) groups is 1. The van der Waals surface area contributed by atoms with Gasteiger partial charge in [-0.15, -0.1) is 0 Å². The number of amidine groups is 2. The average Bonchev–Trinajstić information content (AvgIpc) is 2.63. The Balaban J connectivity index is 1.97. The van der Waals surface area contributed by atoms with Gasteiger partial charge in [0.25, 0.3) is 0 Å². The first-order valence-electron chi connectivity index (χ1n) is 5.04. The summed E-state index contributed by atoms with van der Waals surface area (Å²) in [6.07, 6.45) is 1.16. The highest BCUT2D eigenvalue weighted by molar-refractivity contribution is 8.15. The quantitative estimate of drug-likeness (QED) is 0.689. The normalized spacial score (nSPS) is 23.9. The molecule has 2 heterocycles. The molecule has 0 aromatic carbocycles. The molecule has 1 saturated heterocycles. The van der Waals surface area contributed by atoms with E-state index < -0.39 is 0 Å². The number of rotatable bonds is 3. The van der Waals surface area contributed by atoms with Crippen molar-refractivity contribution in [3.63, 3.8) is 0 Å². The molecule has 0 amide bonds. The monoisotopic (exact) mass is 212 g/mol. The van der Waals surface area contributed by atoms with Gasteiger partial charge in [-0.2, -0.15) is 0 Å². The van der Waals surface area contributed by atoms with Gasteiger partial charge in [-0.1, -0.05) is 11.8 Å². The minimum atomic E-state index is 0.864. The van der Waals surface area contributed by atoms with E-state index in [9.17, 15) is 0 Å². The van der Waals surface area contributed by atoms with Gasteiger partial charge < -0.3 is 10.2 Å². The van der Waals surface area contributed by atoms with E-state index >= 15 is 0 Å². The van der Waals surface area contributed by atoms with Crippen molar-refractivity contribution in [2.24, 2.45) is 9.98 Å². The highest BCUT2D eigenvalue weighted by Crippen LogP contribution is 2.22. The number of likely N-dealkylation sites (N-methyl/N-ethyl adjacent to an activating group) is 1. The molecule has 78 valence electrons. The maximum absolute atomic E-state index is 4.56. The summed E-state index contributed by atoms with van der Waals surface area (Å²) in [5.41, 5.74) is 0. The molecule has 0 aromatic rings. The van der Waals surface area contributed by atoms with E-state index in [0.29, 0.717) is 0 Å². The minimum Gasteiger partial charge on any atom is -0.318 e. The number of nitrogens with zero attached hydrogens (tertiary/aromatic N) is 3. The molecule has 2 rings (SSSR count). The maximum atomic E-state index is 4.56. The van der Waals surface area contributed by atoms with Crippen molar-refractivity contribution in [1.82, 2.24) is 10.2 Å². The molecule has 0 bridgehead atoms. The maximum Gasteiger partial charge on any atom is 0.165 e. The van der Waals surface area contributed by atoms with E-state index in [1.807, 2.05) is 18.8 Å². The van der Waals surface area contributed by atoms with Gasteiger partial charge in [-0.3, -0.25) is 9.98 Å². The van der Waals surface area contributed by atoms with Crippen molar-refractivity contribution in [2.45, 2.75) is 6.42 Å². The van der Waals surface area contributed by atoms with Crippen LogP contribution in [-0.4, -0.2) is 54.9 Å². The molecule has 5 heteroatoms. The van der Waals surface area contributed by atoms with E-state index in [-0.39, 0.29) is 0 Å². The van der Waals surface area contributed by atoms with E-state index in [4.69, 9.17) is 0 Å². The predicted molar refractivity (Wildman–Crippen MR) is 62.3 cm³/mol. The second-order valence-corrected chi connectivity index (χ2v) is 4.30. The first-order valence-corrected chi connectivity index (χ1v) is 6.03. The van der Waals surface area contributed by atoms with Crippen LogP contribution < -0.4 is 5.32 Å². The van der Waals surface area contributed by atoms with Crippen LogP contribution in [0.4, 0.5) is 0 Å². The fraction of sp³-hybridized carbons (Fsp3) is 0.778. The van der Waals surface area contributed by atoms with Crippen LogP contribution >= 0.6 is 11.8 Å². The zero-order valence-electron chi connectivity index (χ0n) is 8.49. The summed E-state index contributed by atoms with van der Waals surface area (Å²) in [7, 11) is 1.95. The lowest BCUT2D eigenvalue weighted by molar-refractivity contribution is 0.556. The molecule has 2 aliphatic heterocycles. The Morgan fingerprint density at radius 3 is 3.43 bits per heavy atom. The van der Waals surface area contributed by atoms with Crippen LogP contribution in [0, 0.1) is 0 Å². The van der Waals surface area contributed by atoms with Gasteiger partial charge in [0.2, 0.25) is 0 Å². The Hall–Kier alpha value is -0.550. The third-order valence-corrected chi connectivity index (χ3v) is 3.33. The standard InChI is InChI=1S/C9H16N4S/c1-10-4-5-12-9-13-6-2-3-11-8(13)7-14-9/h10H,2-7H2,1H3. The fourth-order valence-electron chi connectivity index (χ4n) is 1.58. The van der Waals surface area contributed by atoms with Gasteiger partial charge in [-0.05, 0) is 13.5 Å². The van der Waals surface area contributed by atoms with Crippen LogP contribution in [0.15, 0.2) is 9.98 Å². The molecule has 1 fully saturated rings. The van der Waals surface area contributed by atoms with Gasteiger partial charge in [0.15, 0.2) is 5.17 Å².